The van der Waals surface area contributed by atoms with E-state index in [1.54, 1.807) is 0 Å². The number of carbonyl (C=O) groups is 1. The number of aliphatic hydroxyl groups is 1. The van der Waals surface area contributed by atoms with E-state index in [2.05, 4.69) is 12.2 Å². The van der Waals surface area contributed by atoms with E-state index in [4.69, 9.17) is 5.11 Å². The van der Waals surface area contributed by atoms with Crippen molar-refractivity contribution in [3.8, 4) is 0 Å². The first-order valence-corrected chi connectivity index (χ1v) is 5.23. The number of aliphatic carboxylic acids is 1. The Morgan fingerprint density at radius 2 is 2.36 bits per heavy atom. The van der Waals surface area contributed by atoms with Gasteiger partial charge in [-0.3, -0.25) is 4.79 Å². The van der Waals surface area contributed by atoms with Crippen LogP contribution in [0.25, 0.3) is 0 Å². The van der Waals surface area contributed by atoms with Crippen molar-refractivity contribution >= 4 is 5.97 Å². The molecule has 0 aromatic carbocycles. The highest BCUT2D eigenvalue weighted by atomic mass is 16.4. The summed E-state index contributed by atoms with van der Waals surface area (Å²) in [7, 11) is 0. The molecule has 0 spiro atoms. The molecule has 1 aliphatic rings. The molecule has 2 unspecified atom stereocenters. The van der Waals surface area contributed by atoms with Crippen LogP contribution in [0.1, 0.15) is 32.6 Å². The van der Waals surface area contributed by atoms with Gasteiger partial charge < -0.3 is 15.5 Å². The molecule has 0 amide bonds. The molecule has 0 aromatic rings. The summed E-state index contributed by atoms with van der Waals surface area (Å²) >= 11 is 0. The van der Waals surface area contributed by atoms with Gasteiger partial charge in [0.25, 0.3) is 0 Å². The fourth-order valence-corrected chi connectivity index (χ4v) is 1.97. The van der Waals surface area contributed by atoms with Gasteiger partial charge in [-0.1, -0.05) is 6.92 Å². The second-order valence-corrected chi connectivity index (χ2v) is 4.18. The Morgan fingerprint density at radius 1 is 1.64 bits per heavy atom. The Morgan fingerprint density at radius 3 is 2.86 bits per heavy atom. The maximum absolute atomic E-state index is 10.7. The maximum atomic E-state index is 10.7. The third-order valence-corrected chi connectivity index (χ3v) is 2.81. The Bertz CT molecular complexity index is 208. The van der Waals surface area contributed by atoms with Crippen molar-refractivity contribution < 1.29 is 15.0 Å². The van der Waals surface area contributed by atoms with Gasteiger partial charge in [0.05, 0.1) is 11.5 Å². The highest BCUT2D eigenvalue weighted by Gasteiger charge is 2.39. The van der Waals surface area contributed by atoms with Crippen molar-refractivity contribution in [2.75, 3.05) is 13.1 Å². The minimum atomic E-state index is -0.793. The molecule has 1 rings (SSSR count). The third-order valence-electron chi connectivity index (χ3n) is 2.81. The largest absolute Gasteiger partial charge is 0.481 e. The van der Waals surface area contributed by atoms with Crippen LogP contribution in [-0.4, -0.2) is 34.9 Å². The lowest BCUT2D eigenvalue weighted by atomic mass is 10.0. The van der Waals surface area contributed by atoms with Gasteiger partial charge in [0.1, 0.15) is 0 Å². The highest BCUT2D eigenvalue weighted by molar-refractivity contribution is 5.70. The molecule has 0 aliphatic heterocycles. The summed E-state index contributed by atoms with van der Waals surface area (Å²) in [5.41, 5.74) is -0.793. The molecule has 4 nitrogen and oxygen atoms in total. The second-order valence-electron chi connectivity index (χ2n) is 4.18. The first-order valence-electron chi connectivity index (χ1n) is 5.23. The van der Waals surface area contributed by atoms with Gasteiger partial charge in [-0.05, 0) is 32.2 Å². The zero-order chi connectivity index (χ0) is 10.6. The summed E-state index contributed by atoms with van der Waals surface area (Å²) in [4.78, 5) is 10.7. The van der Waals surface area contributed by atoms with Crippen molar-refractivity contribution in [3.05, 3.63) is 0 Å². The summed E-state index contributed by atoms with van der Waals surface area (Å²) in [6.07, 6.45) is 2.61. The smallest absolute Gasteiger partial charge is 0.306 e. The fraction of sp³-hybridized carbons (Fsp3) is 0.900. The van der Waals surface area contributed by atoms with Crippen molar-refractivity contribution in [2.45, 2.75) is 38.2 Å². The van der Waals surface area contributed by atoms with Crippen LogP contribution in [0.15, 0.2) is 0 Å². The molecule has 82 valence electrons. The van der Waals surface area contributed by atoms with E-state index in [9.17, 15) is 9.90 Å². The van der Waals surface area contributed by atoms with Crippen LogP contribution in [0.4, 0.5) is 0 Å². The average Bonchev–Trinajstić information content (AvgIpc) is 2.49. The van der Waals surface area contributed by atoms with Gasteiger partial charge in [-0.25, -0.2) is 0 Å². The molecule has 3 N–H and O–H groups in total. The predicted molar refractivity (Wildman–Crippen MR) is 53.1 cm³/mol. The van der Waals surface area contributed by atoms with Crippen LogP contribution in [0.2, 0.25) is 0 Å². The standard InChI is InChI=1S/C10H19NO3/c1-2-5-11-7-10(14)4-3-8(6-10)9(12)13/h8,11,14H,2-7H2,1H3,(H,12,13). The van der Waals surface area contributed by atoms with Gasteiger partial charge in [-0.2, -0.15) is 0 Å². The van der Waals surface area contributed by atoms with Gasteiger partial charge in [0.2, 0.25) is 0 Å². The van der Waals surface area contributed by atoms with Crippen molar-refractivity contribution in [2.24, 2.45) is 5.92 Å². The number of carboxylic acids is 1. The Balaban J connectivity index is 2.33. The average molecular weight is 201 g/mol. The Labute approximate surface area is 84.3 Å². The molecule has 1 fully saturated rings. The maximum Gasteiger partial charge on any atom is 0.306 e. The molecule has 1 saturated carbocycles. The molecular formula is C10H19NO3. The minimum absolute atomic E-state index is 0.358. The summed E-state index contributed by atoms with van der Waals surface area (Å²) in [6.45, 7) is 3.45. The Hall–Kier alpha value is -0.610. The van der Waals surface area contributed by atoms with Crippen LogP contribution >= 0.6 is 0 Å². The van der Waals surface area contributed by atoms with E-state index < -0.39 is 11.6 Å². The quantitative estimate of drug-likeness (QED) is 0.570. The first-order chi connectivity index (χ1) is 6.57. The number of hydrogen-bond acceptors (Lipinski definition) is 3. The summed E-state index contributed by atoms with van der Waals surface area (Å²) in [5, 5.41) is 21.9. The van der Waals surface area contributed by atoms with Crippen LogP contribution in [-0.2, 0) is 4.79 Å². The lowest BCUT2D eigenvalue weighted by molar-refractivity contribution is -0.142. The third kappa shape index (κ3) is 2.96. The van der Waals surface area contributed by atoms with Crippen LogP contribution < -0.4 is 5.32 Å². The molecule has 4 heteroatoms. The summed E-state index contributed by atoms with van der Waals surface area (Å²) in [6, 6.07) is 0. The van der Waals surface area contributed by atoms with Crippen LogP contribution in [0.3, 0.4) is 0 Å². The van der Waals surface area contributed by atoms with Crippen molar-refractivity contribution in [3.63, 3.8) is 0 Å². The van der Waals surface area contributed by atoms with Crippen LogP contribution in [0, 0.1) is 5.92 Å². The highest BCUT2D eigenvalue weighted by Crippen LogP contribution is 2.34. The number of hydrogen-bond donors (Lipinski definition) is 3. The lowest BCUT2D eigenvalue weighted by Crippen LogP contribution is -2.39. The monoisotopic (exact) mass is 201 g/mol. The number of nitrogens with one attached hydrogen (secondary N) is 1. The SMILES string of the molecule is CCCNCC1(O)CCC(C(=O)O)C1. The molecule has 0 bridgehead atoms. The Kier molecular flexibility index (Phi) is 3.89. The van der Waals surface area contributed by atoms with E-state index in [1.807, 2.05) is 0 Å². The molecule has 0 radical (unpaired) electrons. The minimum Gasteiger partial charge on any atom is -0.481 e. The summed E-state index contributed by atoms with van der Waals surface area (Å²) < 4.78 is 0. The molecule has 0 heterocycles. The van der Waals surface area contributed by atoms with Gasteiger partial charge >= 0.3 is 5.97 Å². The first kappa shape index (κ1) is 11.5. The summed E-state index contributed by atoms with van der Waals surface area (Å²) in [5.74, 6) is -1.14. The molecule has 1 aliphatic carbocycles. The molecular weight excluding hydrogens is 182 g/mol. The van der Waals surface area contributed by atoms with Crippen molar-refractivity contribution in [1.29, 1.82) is 0 Å². The number of carboxylic acid groups (broad SMARTS) is 1. The van der Waals surface area contributed by atoms with Crippen molar-refractivity contribution in [1.82, 2.24) is 5.32 Å². The molecule has 14 heavy (non-hydrogen) atoms. The van der Waals surface area contributed by atoms with E-state index in [0.717, 1.165) is 13.0 Å². The molecule has 0 saturated heterocycles. The molecule has 2 atom stereocenters. The van der Waals surface area contributed by atoms with E-state index in [1.165, 1.54) is 0 Å². The van der Waals surface area contributed by atoms with E-state index in [-0.39, 0.29) is 5.92 Å². The van der Waals surface area contributed by atoms with Gasteiger partial charge in [-0.15, -0.1) is 0 Å². The zero-order valence-corrected chi connectivity index (χ0v) is 8.62. The van der Waals surface area contributed by atoms with Crippen LogP contribution in [0.5, 0.6) is 0 Å². The number of rotatable bonds is 5. The normalized spacial score (nSPS) is 32.0. The zero-order valence-electron chi connectivity index (χ0n) is 8.62. The predicted octanol–water partition coefficient (Wildman–Crippen LogP) is 0.602. The van der Waals surface area contributed by atoms with Gasteiger partial charge in [0.15, 0.2) is 0 Å². The topological polar surface area (TPSA) is 69.6 Å². The lowest BCUT2D eigenvalue weighted by Gasteiger charge is -2.22. The fourth-order valence-electron chi connectivity index (χ4n) is 1.97. The van der Waals surface area contributed by atoms with E-state index in [0.29, 0.717) is 25.8 Å². The van der Waals surface area contributed by atoms with E-state index >= 15 is 0 Å². The van der Waals surface area contributed by atoms with Gasteiger partial charge in [0, 0.05) is 6.54 Å². The molecule has 0 aromatic heterocycles. The second kappa shape index (κ2) is 4.75.